The van der Waals surface area contributed by atoms with Crippen molar-refractivity contribution in [2.45, 2.75) is 19.4 Å². The molecule has 7 heteroatoms. The number of ether oxygens (including phenoxy) is 1. The van der Waals surface area contributed by atoms with E-state index in [1.54, 1.807) is 12.1 Å². The van der Waals surface area contributed by atoms with Gasteiger partial charge in [-0.3, -0.25) is 0 Å². The van der Waals surface area contributed by atoms with E-state index in [-0.39, 0.29) is 0 Å². The van der Waals surface area contributed by atoms with Crippen LogP contribution in [0.2, 0.25) is 5.02 Å². The van der Waals surface area contributed by atoms with Crippen LogP contribution in [0.4, 0.5) is 5.69 Å². The zero-order valence-corrected chi connectivity index (χ0v) is 11.8. The molecule has 0 unspecified atom stereocenters. The van der Waals surface area contributed by atoms with Gasteiger partial charge in [-0.15, -0.1) is 5.10 Å². The van der Waals surface area contributed by atoms with Crippen LogP contribution in [0, 0.1) is 5.92 Å². The lowest BCUT2D eigenvalue weighted by Gasteiger charge is -2.21. The molecule has 6 nitrogen and oxygen atoms in total. The Morgan fingerprint density at radius 1 is 1.35 bits per heavy atom. The first-order valence-corrected chi connectivity index (χ1v) is 7.01. The summed E-state index contributed by atoms with van der Waals surface area (Å²) in [7, 11) is 0. The highest BCUT2D eigenvalue weighted by Crippen LogP contribution is 2.26. The Morgan fingerprint density at radius 3 is 2.90 bits per heavy atom. The Balaban J connectivity index is 1.83. The molecule has 0 spiro atoms. The van der Waals surface area contributed by atoms with Gasteiger partial charge in [0.05, 0.1) is 10.7 Å². The number of aromatic nitrogens is 4. The minimum atomic E-state index is 0.532. The summed E-state index contributed by atoms with van der Waals surface area (Å²) in [5, 5.41) is 12.5. The molecule has 0 saturated carbocycles. The summed E-state index contributed by atoms with van der Waals surface area (Å²) < 4.78 is 7.20. The number of rotatable bonds is 3. The SMILES string of the molecule is Nc1cc(-c2nnnn2CC2CCOCC2)ccc1Cl. The summed E-state index contributed by atoms with van der Waals surface area (Å²) in [5.41, 5.74) is 7.25. The quantitative estimate of drug-likeness (QED) is 0.876. The van der Waals surface area contributed by atoms with Gasteiger partial charge < -0.3 is 10.5 Å². The third-order valence-corrected chi connectivity index (χ3v) is 3.90. The van der Waals surface area contributed by atoms with Gasteiger partial charge in [0.25, 0.3) is 0 Å². The highest BCUT2D eigenvalue weighted by atomic mass is 35.5. The van der Waals surface area contributed by atoms with Crippen molar-refractivity contribution in [2.24, 2.45) is 5.92 Å². The van der Waals surface area contributed by atoms with Crippen molar-refractivity contribution < 1.29 is 4.74 Å². The van der Waals surface area contributed by atoms with Gasteiger partial charge in [0.2, 0.25) is 0 Å². The van der Waals surface area contributed by atoms with Gasteiger partial charge in [-0.2, -0.15) is 0 Å². The first-order valence-electron chi connectivity index (χ1n) is 6.63. The average molecular weight is 294 g/mol. The first kappa shape index (κ1) is 13.3. The summed E-state index contributed by atoms with van der Waals surface area (Å²) in [5.74, 6) is 1.27. The summed E-state index contributed by atoms with van der Waals surface area (Å²) in [4.78, 5) is 0. The van der Waals surface area contributed by atoms with Crippen molar-refractivity contribution in [2.75, 3.05) is 18.9 Å². The standard InChI is InChI=1S/C13H16ClN5O/c14-11-2-1-10(7-12(11)15)13-16-17-18-19(13)8-9-3-5-20-6-4-9/h1-2,7,9H,3-6,8,15H2. The van der Waals surface area contributed by atoms with Crippen molar-refractivity contribution in [3.05, 3.63) is 23.2 Å². The molecule has 0 amide bonds. The maximum Gasteiger partial charge on any atom is 0.182 e. The van der Waals surface area contributed by atoms with Gasteiger partial charge >= 0.3 is 0 Å². The number of nitrogens with zero attached hydrogens (tertiary/aromatic N) is 4. The molecule has 0 atom stereocenters. The molecule has 1 aliphatic heterocycles. The van der Waals surface area contributed by atoms with E-state index < -0.39 is 0 Å². The van der Waals surface area contributed by atoms with Crippen molar-refractivity contribution in [3.63, 3.8) is 0 Å². The van der Waals surface area contributed by atoms with Crippen LogP contribution >= 0.6 is 11.6 Å². The zero-order valence-electron chi connectivity index (χ0n) is 11.0. The number of halogens is 1. The molecule has 2 N–H and O–H groups in total. The van der Waals surface area contributed by atoms with Gasteiger partial charge in [0.1, 0.15) is 0 Å². The molecule has 1 aromatic heterocycles. The Hall–Kier alpha value is -1.66. The van der Waals surface area contributed by atoms with E-state index in [0.29, 0.717) is 16.6 Å². The second-order valence-corrected chi connectivity index (χ2v) is 5.38. The second-order valence-electron chi connectivity index (χ2n) is 4.98. The van der Waals surface area contributed by atoms with Crippen molar-refractivity contribution >= 4 is 17.3 Å². The lowest BCUT2D eigenvalue weighted by molar-refractivity contribution is 0.0601. The zero-order chi connectivity index (χ0) is 13.9. The molecule has 1 saturated heterocycles. The van der Waals surface area contributed by atoms with Crippen LogP contribution in [-0.4, -0.2) is 33.4 Å². The molecule has 20 heavy (non-hydrogen) atoms. The molecule has 0 radical (unpaired) electrons. The topological polar surface area (TPSA) is 78.9 Å². The van der Waals surface area contributed by atoms with E-state index in [1.165, 1.54) is 0 Å². The van der Waals surface area contributed by atoms with Crippen LogP contribution in [-0.2, 0) is 11.3 Å². The molecule has 3 rings (SSSR count). The normalized spacial score (nSPS) is 16.4. The number of anilines is 1. The predicted octanol–water partition coefficient (Wildman–Crippen LogP) is 2.00. The highest BCUT2D eigenvalue weighted by Gasteiger charge is 2.18. The molecule has 106 valence electrons. The molecular formula is C13H16ClN5O. The van der Waals surface area contributed by atoms with Crippen LogP contribution in [0.1, 0.15) is 12.8 Å². The summed E-state index contributed by atoms with van der Waals surface area (Å²) in [6, 6.07) is 5.44. The fraction of sp³-hybridized carbons (Fsp3) is 0.462. The van der Waals surface area contributed by atoms with E-state index in [4.69, 9.17) is 22.1 Å². The third kappa shape index (κ3) is 2.76. The Bertz CT molecular complexity index is 594. The van der Waals surface area contributed by atoms with Crippen LogP contribution in [0.3, 0.4) is 0 Å². The lowest BCUT2D eigenvalue weighted by atomic mass is 10.0. The first-order chi connectivity index (χ1) is 9.74. The number of nitrogens with two attached hydrogens (primary N) is 1. The van der Waals surface area contributed by atoms with Crippen LogP contribution in [0.25, 0.3) is 11.4 Å². The maximum absolute atomic E-state index is 5.94. The smallest absolute Gasteiger partial charge is 0.182 e. The van der Waals surface area contributed by atoms with Gasteiger partial charge in [-0.1, -0.05) is 11.6 Å². The van der Waals surface area contributed by atoms with E-state index in [0.717, 1.165) is 44.0 Å². The molecule has 2 heterocycles. The van der Waals surface area contributed by atoms with E-state index in [1.807, 2.05) is 10.7 Å². The Morgan fingerprint density at radius 2 is 2.15 bits per heavy atom. The summed E-state index contributed by atoms with van der Waals surface area (Å²) in [6.07, 6.45) is 2.09. The minimum Gasteiger partial charge on any atom is -0.398 e. The summed E-state index contributed by atoms with van der Waals surface area (Å²) >= 11 is 5.94. The van der Waals surface area contributed by atoms with E-state index in [2.05, 4.69) is 15.5 Å². The van der Waals surface area contributed by atoms with Crippen LogP contribution in [0.15, 0.2) is 18.2 Å². The molecule has 1 aromatic carbocycles. The molecular weight excluding hydrogens is 278 g/mol. The largest absolute Gasteiger partial charge is 0.398 e. The predicted molar refractivity (Wildman–Crippen MR) is 76.2 cm³/mol. The van der Waals surface area contributed by atoms with Gasteiger partial charge in [0.15, 0.2) is 5.82 Å². The number of benzene rings is 1. The van der Waals surface area contributed by atoms with Crippen molar-refractivity contribution in [1.82, 2.24) is 20.2 Å². The Labute approximate surface area is 121 Å². The second kappa shape index (κ2) is 5.76. The molecule has 2 aromatic rings. The highest BCUT2D eigenvalue weighted by molar-refractivity contribution is 6.33. The average Bonchev–Trinajstić information content (AvgIpc) is 2.91. The number of hydrogen-bond donors (Lipinski definition) is 1. The fourth-order valence-electron chi connectivity index (χ4n) is 2.39. The van der Waals surface area contributed by atoms with E-state index in [9.17, 15) is 0 Å². The third-order valence-electron chi connectivity index (χ3n) is 3.56. The molecule has 0 bridgehead atoms. The van der Waals surface area contributed by atoms with Gasteiger partial charge in [0, 0.05) is 25.3 Å². The van der Waals surface area contributed by atoms with Crippen LogP contribution in [0.5, 0.6) is 0 Å². The minimum absolute atomic E-state index is 0.532. The molecule has 0 aliphatic carbocycles. The monoisotopic (exact) mass is 293 g/mol. The number of tetrazole rings is 1. The lowest BCUT2D eigenvalue weighted by Crippen LogP contribution is -2.21. The molecule has 1 fully saturated rings. The maximum atomic E-state index is 5.94. The number of hydrogen-bond acceptors (Lipinski definition) is 5. The van der Waals surface area contributed by atoms with Crippen molar-refractivity contribution in [3.8, 4) is 11.4 Å². The fourth-order valence-corrected chi connectivity index (χ4v) is 2.51. The molecule has 1 aliphatic rings. The Kier molecular flexibility index (Phi) is 3.84. The van der Waals surface area contributed by atoms with E-state index >= 15 is 0 Å². The summed E-state index contributed by atoms with van der Waals surface area (Å²) in [6.45, 7) is 2.43. The van der Waals surface area contributed by atoms with Gasteiger partial charge in [-0.05, 0) is 47.4 Å². The van der Waals surface area contributed by atoms with Crippen molar-refractivity contribution in [1.29, 1.82) is 0 Å². The van der Waals surface area contributed by atoms with Gasteiger partial charge in [-0.25, -0.2) is 4.68 Å². The van der Waals surface area contributed by atoms with Crippen LogP contribution < -0.4 is 5.73 Å². The number of nitrogen functional groups attached to an aromatic ring is 1.